The first kappa shape index (κ1) is 14.0. The van der Waals surface area contributed by atoms with Gasteiger partial charge in [0.15, 0.2) is 0 Å². The molecule has 0 aliphatic carbocycles. The van der Waals surface area contributed by atoms with Gasteiger partial charge in [-0.1, -0.05) is 0 Å². The molecule has 2 aromatic heterocycles. The first-order valence-corrected chi connectivity index (χ1v) is 6.48. The summed E-state index contributed by atoms with van der Waals surface area (Å²) < 4.78 is 7.07. The number of carbonyl (C=O) groups is 1. The van der Waals surface area contributed by atoms with E-state index >= 15 is 0 Å². The van der Waals surface area contributed by atoms with Crippen LogP contribution in [0.25, 0.3) is 0 Å². The second-order valence-electron chi connectivity index (χ2n) is 4.39. The first-order valence-electron chi connectivity index (χ1n) is 6.48. The lowest BCUT2D eigenvalue weighted by atomic mass is 10.3. The van der Waals surface area contributed by atoms with Crippen LogP contribution in [0, 0.1) is 13.8 Å². The summed E-state index contributed by atoms with van der Waals surface area (Å²) in [6.45, 7) is 6.29. The van der Waals surface area contributed by atoms with Crippen molar-refractivity contribution in [3.8, 4) is 6.01 Å². The molecule has 2 rings (SSSR count). The highest BCUT2D eigenvalue weighted by atomic mass is 16.5. The third-order valence-electron chi connectivity index (χ3n) is 2.78. The summed E-state index contributed by atoms with van der Waals surface area (Å²) in [7, 11) is 0. The van der Waals surface area contributed by atoms with Crippen molar-refractivity contribution in [2.24, 2.45) is 0 Å². The normalized spacial score (nSPS) is 10.3. The molecule has 20 heavy (non-hydrogen) atoms. The first-order chi connectivity index (χ1) is 9.60. The topological polar surface area (TPSA) is 69.0 Å². The molecule has 0 radical (unpaired) electrons. The maximum atomic E-state index is 12.0. The molecule has 0 aliphatic rings. The number of nitrogens with one attached hydrogen (secondary N) is 1. The largest absolute Gasteiger partial charge is 0.464 e. The molecule has 1 amide bonds. The molecule has 0 saturated carbocycles. The Morgan fingerprint density at radius 1 is 1.25 bits per heavy atom. The molecular formula is C14H18N4O2. The SMILES string of the molecule is CCOc1nc(C)c(NC(=O)Cn2cccc2)c(C)n1. The lowest BCUT2D eigenvalue weighted by molar-refractivity contribution is -0.116. The Labute approximate surface area is 117 Å². The highest BCUT2D eigenvalue weighted by molar-refractivity contribution is 5.91. The monoisotopic (exact) mass is 274 g/mol. The van der Waals surface area contributed by atoms with Crippen LogP contribution in [-0.2, 0) is 11.3 Å². The van der Waals surface area contributed by atoms with E-state index in [1.807, 2.05) is 45.3 Å². The smallest absolute Gasteiger partial charge is 0.316 e. The van der Waals surface area contributed by atoms with Crippen molar-refractivity contribution in [3.05, 3.63) is 35.9 Å². The van der Waals surface area contributed by atoms with Crippen molar-refractivity contribution in [1.82, 2.24) is 14.5 Å². The van der Waals surface area contributed by atoms with Gasteiger partial charge in [-0.2, -0.15) is 9.97 Å². The van der Waals surface area contributed by atoms with E-state index in [0.29, 0.717) is 29.7 Å². The summed E-state index contributed by atoms with van der Waals surface area (Å²) in [6.07, 6.45) is 3.68. The average molecular weight is 274 g/mol. The average Bonchev–Trinajstić information content (AvgIpc) is 2.87. The van der Waals surface area contributed by atoms with Crippen LogP contribution in [0.1, 0.15) is 18.3 Å². The molecule has 0 fully saturated rings. The quantitative estimate of drug-likeness (QED) is 0.904. The highest BCUT2D eigenvalue weighted by Crippen LogP contribution is 2.19. The van der Waals surface area contributed by atoms with E-state index in [1.165, 1.54) is 0 Å². The Morgan fingerprint density at radius 3 is 2.40 bits per heavy atom. The number of nitrogens with zero attached hydrogens (tertiary/aromatic N) is 3. The van der Waals surface area contributed by atoms with Gasteiger partial charge < -0.3 is 14.6 Å². The van der Waals surface area contributed by atoms with Gasteiger partial charge in [0.2, 0.25) is 5.91 Å². The van der Waals surface area contributed by atoms with Crippen LogP contribution >= 0.6 is 0 Å². The number of carbonyl (C=O) groups excluding carboxylic acids is 1. The standard InChI is InChI=1S/C14H18N4O2/c1-4-20-14-15-10(2)13(11(3)16-14)17-12(19)9-18-7-5-6-8-18/h5-8H,4,9H2,1-3H3,(H,17,19). The zero-order valence-corrected chi connectivity index (χ0v) is 11.9. The van der Waals surface area contributed by atoms with E-state index in [2.05, 4.69) is 15.3 Å². The van der Waals surface area contributed by atoms with Gasteiger partial charge in [-0.3, -0.25) is 4.79 Å². The summed E-state index contributed by atoms with van der Waals surface area (Å²) in [4.78, 5) is 20.4. The number of aromatic nitrogens is 3. The molecule has 106 valence electrons. The zero-order valence-electron chi connectivity index (χ0n) is 11.9. The van der Waals surface area contributed by atoms with E-state index in [-0.39, 0.29) is 12.5 Å². The molecule has 0 atom stereocenters. The number of rotatable bonds is 5. The van der Waals surface area contributed by atoms with Crippen LogP contribution in [0.15, 0.2) is 24.5 Å². The molecule has 0 spiro atoms. The van der Waals surface area contributed by atoms with E-state index in [9.17, 15) is 4.79 Å². The van der Waals surface area contributed by atoms with Gasteiger partial charge in [0.1, 0.15) is 6.54 Å². The molecule has 6 nitrogen and oxygen atoms in total. The van der Waals surface area contributed by atoms with Crippen molar-refractivity contribution in [2.45, 2.75) is 27.3 Å². The van der Waals surface area contributed by atoms with Crippen molar-refractivity contribution in [1.29, 1.82) is 0 Å². The molecule has 6 heteroatoms. The van der Waals surface area contributed by atoms with Crippen LogP contribution in [-0.4, -0.2) is 27.0 Å². The molecular weight excluding hydrogens is 256 g/mol. The second-order valence-corrected chi connectivity index (χ2v) is 4.39. The van der Waals surface area contributed by atoms with Gasteiger partial charge in [0.25, 0.3) is 0 Å². The number of amides is 1. The number of hydrogen-bond donors (Lipinski definition) is 1. The zero-order chi connectivity index (χ0) is 14.5. The third-order valence-corrected chi connectivity index (χ3v) is 2.78. The maximum absolute atomic E-state index is 12.0. The summed E-state index contributed by atoms with van der Waals surface area (Å²) in [5, 5.41) is 2.85. The van der Waals surface area contributed by atoms with Crippen LogP contribution in [0.5, 0.6) is 6.01 Å². The Hall–Kier alpha value is -2.37. The molecule has 0 aromatic carbocycles. The van der Waals surface area contributed by atoms with Crippen molar-refractivity contribution >= 4 is 11.6 Å². The number of anilines is 1. The molecule has 0 unspecified atom stereocenters. The molecule has 0 saturated heterocycles. The van der Waals surface area contributed by atoms with Gasteiger partial charge >= 0.3 is 6.01 Å². The lowest BCUT2D eigenvalue weighted by Crippen LogP contribution is -2.20. The van der Waals surface area contributed by atoms with Crippen LogP contribution in [0.4, 0.5) is 5.69 Å². The van der Waals surface area contributed by atoms with E-state index in [0.717, 1.165) is 0 Å². The van der Waals surface area contributed by atoms with E-state index in [1.54, 1.807) is 4.57 Å². The minimum atomic E-state index is -0.111. The summed E-state index contributed by atoms with van der Waals surface area (Å²) >= 11 is 0. The lowest BCUT2D eigenvalue weighted by Gasteiger charge is -2.12. The minimum Gasteiger partial charge on any atom is -0.464 e. The van der Waals surface area contributed by atoms with Crippen LogP contribution in [0.2, 0.25) is 0 Å². The minimum absolute atomic E-state index is 0.111. The van der Waals surface area contributed by atoms with E-state index < -0.39 is 0 Å². The molecule has 0 aliphatic heterocycles. The van der Waals surface area contributed by atoms with E-state index in [4.69, 9.17) is 4.74 Å². The van der Waals surface area contributed by atoms with Gasteiger partial charge in [-0.15, -0.1) is 0 Å². The fourth-order valence-corrected chi connectivity index (χ4v) is 1.88. The van der Waals surface area contributed by atoms with Crippen molar-refractivity contribution in [3.63, 3.8) is 0 Å². The predicted octanol–water partition coefficient (Wildman–Crippen LogP) is 1.93. The summed E-state index contributed by atoms with van der Waals surface area (Å²) in [6, 6.07) is 4.10. The molecule has 2 heterocycles. The maximum Gasteiger partial charge on any atom is 0.316 e. The third kappa shape index (κ3) is 3.34. The van der Waals surface area contributed by atoms with Crippen LogP contribution in [0.3, 0.4) is 0 Å². The van der Waals surface area contributed by atoms with Crippen molar-refractivity contribution in [2.75, 3.05) is 11.9 Å². The molecule has 0 bridgehead atoms. The van der Waals surface area contributed by atoms with Crippen molar-refractivity contribution < 1.29 is 9.53 Å². The van der Waals surface area contributed by atoms with Gasteiger partial charge in [-0.25, -0.2) is 0 Å². The van der Waals surface area contributed by atoms with Crippen LogP contribution < -0.4 is 10.1 Å². The second kappa shape index (κ2) is 6.18. The summed E-state index contributed by atoms with van der Waals surface area (Å²) in [5.74, 6) is -0.111. The Balaban J connectivity index is 2.10. The fraction of sp³-hybridized carbons (Fsp3) is 0.357. The van der Waals surface area contributed by atoms with Gasteiger partial charge in [-0.05, 0) is 32.9 Å². The molecule has 1 N–H and O–H groups in total. The Morgan fingerprint density at radius 2 is 1.85 bits per heavy atom. The number of hydrogen-bond acceptors (Lipinski definition) is 4. The number of aryl methyl sites for hydroxylation is 2. The fourth-order valence-electron chi connectivity index (χ4n) is 1.88. The van der Waals surface area contributed by atoms with Gasteiger partial charge in [0, 0.05) is 12.4 Å². The molecule has 2 aromatic rings. The highest BCUT2D eigenvalue weighted by Gasteiger charge is 2.12. The predicted molar refractivity (Wildman–Crippen MR) is 75.7 cm³/mol. The number of ether oxygens (including phenoxy) is 1. The van der Waals surface area contributed by atoms with Gasteiger partial charge in [0.05, 0.1) is 23.7 Å². The Kier molecular flexibility index (Phi) is 4.34. The Bertz CT molecular complexity index is 570. The summed E-state index contributed by atoms with van der Waals surface area (Å²) in [5.41, 5.74) is 2.04.